The number of carbonyl (C=O) groups excluding carboxylic acids is 6. The third-order valence-corrected chi connectivity index (χ3v) is 4.85. The van der Waals surface area contributed by atoms with E-state index in [4.69, 9.17) is 9.68 Å². The maximum Gasteiger partial charge on any atom is 0.347 e. The highest BCUT2D eigenvalue weighted by atomic mass is 16.7. The Bertz CT molecular complexity index is 699. The summed E-state index contributed by atoms with van der Waals surface area (Å²) in [7, 11) is 0. The van der Waals surface area contributed by atoms with Crippen LogP contribution in [0.1, 0.15) is 32.1 Å². The molecule has 0 aromatic rings. The van der Waals surface area contributed by atoms with Gasteiger partial charge in [0.05, 0.1) is 13.0 Å². The van der Waals surface area contributed by atoms with Gasteiger partial charge in [0.15, 0.2) is 0 Å². The summed E-state index contributed by atoms with van der Waals surface area (Å²) in [6.07, 6.45) is 0.228. The van der Waals surface area contributed by atoms with Crippen LogP contribution in [0, 0.1) is 0 Å². The number of hydroxylamine groups is 4. The minimum atomic E-state index is -0.675. The molecule has 12 nitrogen and oxygen atoms in total. The molecule has 0 aliphatic carbocycles. The van der Waals surface area contributed by atoms with Gasteiger partial charge in [0.25, 0.3) is 23.6 Å². The van der Waals surface area contributed by atoms with Gasteiger partial charge < -0.3 is 14.6 Å². The van der Waals surface area contributed by atoms with Crippen molar-refractivity contribution < 1.29 is 38.4 Å². The monoisotopic (exact) mass is 410 g/mol. The molecule has 0 bridgehead atoms. The highest BCUT2D eigenvalue weighted by molar-refractivity contribution is 6.02. The highest BCUT2D eigenvalue weighted by Gasteiger charge is 2.34. The molecule has 0 spiro atoms. The Morgan fingerprint density at radius 2 is 1.07 bits per heavy atom. The molecular formula is C17H22N4O8. The molecule has 3 rings (SSSR count). The maximum absolute atomic E-state index is 11.9. The molecular weight excluding hydrogens is 388 g/mol. The van der Waals surface area contributed by atoms with Crippen molar-refractivity contribution in [3.63, 3.8) is 0 Å². The third-order valence-electron chi connectivity index (χ3n) is 4.85. The van der Waals surface area contributed by atoms with Crippen LogP contribution in [-0.2, 0) is 38.4 Å². The van der Waals surface area contributed by atoms with Gasteiger partial charge in [-0.1, -0.05) is 0 Å². The maximum atomic E-state index is 11.9. The van der Waals surface area contributed by atoms with E-state index in [-0.39, 0.29) is 38.6 Å². The molecule has 0 N–H and O–H groups in total. The highest BCUT2D eigenvalue weighted by Crippen LogP contribution is 2.14. The zero-order chi connectivity index (χ0) is 21.0. The summed E-state index contributed by atoms with van der Waals surface area (Å²) < 4.78 is 0. The predicted molar refractivity (Wildman–Crippen MR) is 91.9 cm³/mol. The average molecular weight is 410 g/mol. The van der Waals surface area contributed by atoms with Crippen LogP contribution >= 0.6 is 0 Å². The van der Waals surface area contributed by atoms with Crippen LogP contribution in [0.5, 0.6) is 0 Å². The predicted octanol–water partition coefficient (Wildman–Crippen LogP) is -1.79. The van der Waals surface area contributed by atoms with Crippen molar-refractivity contribution >= 4 is 35.6 Å². The first-order valence-corrected chi connectivity index (χ1v) is 9.41. The molecule has 29 heavy (non-hydrogen) atoms. The SMILES string of the molecule is O=C(CCN1CCN(CC(=O)ON2C(=O)CCC2=O)CC1)ON1C(=O)CCC1=O. The number of imide groups is 2. The zero-order valence-corrected chi connectivity index (χ0v) is 15.8. The largest absolute Gasteiger partial charge is 0.347 e. The topological polar surface area (TPSA) is 134 Å². The third kappa shape index (κ3) is 5.35. The van der Waals surface area contributed by atoms with E-state index in [1.807, 2.05) is 9.80 Å². The van der Waals surface area contributed by atoms with E-state index in [2.05, 4.69) is 0 Å². The molecule has 3 fully saturated rings. The van der Waals surface area contributed by atoms with E-state index in [0.717, 1.165) is 0 Å². The average Bonchev–Trinajstić information content (AvgIpc) is 3.17. The van der Waals surface area contributed by atoms with Crippen molar-refractivity contribution in [2.45, 2.75) is 32.1 Å². The summed E-state index contributed by atoms with van der Waals surface area (Å²) in [6.45, 7) is 2.59. The number of rotatable bonds is 7. The number of nitrogens with zero attached hydrogens (tertiary/aromatic N) is 4. The van der Waals surface area contributed by atoms with Crippen LogP contribution in [0.2, 0.25) is 0 Å². The van der Waals surface area contributed by atoms with Crippen molar-refractivity contribution in [2.75, 3.05) is 39.3 Å². The van der Waals surface area contributed by atoms with Crippen LogP contribution in [0.4, 0.5) is 0 Å². The fourth-order valence-corrected chi connectivity index (χ4v) is 3.20. The summed E-state index contributed by atoms with van der Waals surface area (Å²) in [5.74, 6) is -3.39. The number of piperazine rings is 1. The molecule has 4 amide bonds. The van der Waals surface area contributed by atoms with Crippen LogP contribution in [-0.4, -0.2) is 94.8 Å². The van der Waals surface area contributed by atoms with Gasteiger partial charge in [0.1, 0.15) is 0 Å². The van der Waals surface area contributed by atoms with Crippen molar-refractivity contribution in [2.24, 2.45) is 0 Å². The van der Waals surface area contributed by atoms with E-state index in [9.17, 15) is 28.8 Å². The summed E-state index contributed by atoms with van der Waals surface area (Å²) in [5.41, 5.74) is 0. The molecule has 3 heterocycles. The van der Waals surface area contributed by atoms with Crippen molar-refractivity contribution in [1.82, 2.24) is 19.9 Å². The lowest BCUT2D eigenvalue weighted by Crippen LogP contribution is -2.49. The van der Waals surface area contributed by atoms with E-state index >= 15 is 0 Å². The van der Waals surface area contributed by atoms with Crippen LogP contribution in [0.15, 0.2) is 0 Å². The Balaban J connectivity index is 1.33. The Kier molecular flexibility index (Phi) is 6.54. The molecule has 3 aliphatic rings. The summed E-state index contributed by atoms with van der Waals surface area (Å²) in [6, 6.07) is 0. The second-order valence-corrected chi connectivity index (χ2v) is 6.96. The van der Waals surface area contributed by atoms with Crippen LogP contribution in [0.25, 0.3) is 0 Å². The first-order valence-electron chi connectivity index (χ1n) is 9.41. The Morgan fingerprint density at radius 3 is 1.55 bits per heavy atom. The minimum absolute atomic E-state index is 0.0261. The number of carbonyl (C=O) groups is 6. The van der Waals surface area contributed by atoms with Gasteiger partial charge >= 0.3 is 11.9 Å². The molecule has 0 saturated carbocycles. The number of hydrogen-bond donors (Lipinski definition) is 0. The van der Waals surface area contributed by atoms with E-state index < -0.39 is 35.6 Å². The molecule has 0 aromatic heterocycles. The Hall–Kier alpha value is -2.86. The first-order chi connectivity index (χ1) is 13.8. The van der Waals surface area contributed by atoms with Gasteiger partial charge in [-0.05, 0) is 0 Å². The fourth-order valence-electron chi connectivity index (χ4n) is 3.20. The molecule has 3 aliphatic heterocycles. The lowest BCUT2D eigenvalue weighted by atomic mass is 10.3. The molecule has 3 saturated heterocycles. The summed E-state index contributed by atoms with van der Waals surface area (Å²) in [5, 5.41) is 1.06. The van der Waals surface area contributed by atoms with Crippen LogP contribution < -0.4 is 0 Å². The van der Waals surface area contributed by atoms with E-state index in [1.165, 1.54) is 0 Å². The summed E-state index contributed by atoms with van der Waals surface area (Å²) in [4.78, 5) is 83.0. The fraction of sp³-hybridized carbons (Fsp3) is 0.647. The Labute approximate surface area is 166 Å². The number of amides is 4. The van der Waals surface area contributed by atoms with Crippen molar-refractivity contribution in [1.29, 1.82) is 0 Å². The molecule has 0 aromatic carbocycles. The molecule has 158 valence electrons. The lowest BCUT2D eigenvalue weighted by molar-refractivity contribution is -0.198. The van der Waals surface area contributed by atoms with Gasteiger partial charge in [0.2, 0.25) is 0 Å². The molecule has 12 heteroatoms. The zero-order valence-electron chi connectivity index (χ0n) is 15.8. The number of hydrogen-bond acceptors (Lipinski definition) is 10. The summed E-state index contributed by atoms with van der Waals surface area (Å²) >= 11 is 0. The van der Waals surface area contributed by atoms with Gasteiger partial charge in [-0.3, -0.25) is 24.1 Å². The first kappa shape index (κ1) is 20.9. The van der Waals surface area contributed by atoms with E-state index in [0.29, 0.717) is 42.9 Å². The smallest absolute Gasteiger partial charge is 0.330 e. The second-order valence-electron chi connectivity index (χ2n) is 6.96. The molecule has 0 radical (unpaired) electrons. The standard InChI is InChI=1S/C17H22N4O8/c22-12-1-2-13(23)20(12)28-16(26)5-6-18-7-9-19(10-8-18)11-17(27)29-21-14(24)3-4-15(21)25/h1-11H2. The second kappa shape index (κ2) is 9.09. The van der Waals surface area contributed by atoms with Crippen molar-refractivity contribution in [3.05, 3.63) is 0 Å². The quantitative estimate of drug-likeness (QED) is 0.443. The minimum Gasteiger partial charge on any atom is -0.330 e. The van der Waals surface area contributed by atoms with E-state index in [1.54, 1.807) is 0 Å². The molecule has 0 atom stereocenters. The normalized spacial score (nSPS) is 21.2. The molecule has 0 unspecified atom stereocenters. The lowest BCUT2D eigenvalue weighted by Gasteiger charge is -2.33. The van der Waals surface area contributed by atoms with Gasteiger partial charge in [-0.15, -0.1) is 10.1 Å². The van der Waals surface area contributed by atoms with Gasteiger partial charge in [-0.2, -0.15) is 0 Å². The van der Waals surface area contributed by atoms with Crippen molar-refractivity contribution in [3.8, 4) is 0 Å². The van der Waals surface area contributed by atoms with Gasteiger partial charge in [0, 0.05) is 58.4 Å². The van der Waals surface area contributed by atoms with Gasteiger partial charge in [-0.25, -0.2) is 9.59 Å². The van der Waals surface area contributed by atoms with Crippen LogP contribution in [0.3, 0.4) is 0 Å². The Morgan fingerprint density at radius 1 is 0.655 bits per heavy atom.